The zero-order valence-corrected chi connectivity index (χ0v) is 21.8. The molecule has 1 amide bonds. The lowest BCUT2D eigenvalue weighted by Gasteiger charge is -2.34. The van der Waals surface area contributed by atoms with E-state index in [9.17, 15) is 9.59 Å². The summed E-state index contributed by atoms with van der Waals surface area (Å²) in [6, 6.07) is 14.1. The molecule has 2 heterocycles. The van der Waals surface area contributed by atoms with E-state index in [1.165, 1.54) is 24.0 Å². The normalized spacial score (nSPS) is 14.6. The van der Waals surface area contributed by atoms with Crippen LogP contribution in [0.3, 0.4) is 0 Å². The molecule has 0 bridgehead atoms. The first-order valence-corrected chi connectivity index (χ1v) is 12.9. The fourth-order valence-electron chi connectivity index (χ4n) is 4.30. The maximum absolute atomic E-state index is 12.9. The van der Waals surface area contributed by atoms with Crippen molar-refractivity contribution in [2.45, 2.75) is 20.4 Å². The number of rotatable bonds is 7. The van der Waals surface area contributed by atoms with Gasteiger partial charge in [-0.2, -0.15) is 0 Å². The Labute approximate surface area is 215 Å². The monoisotopic (exact) mass is 511 g/mol. The Kier molecular flexibility index (Phi) is 8.23. The van der Waals surface area contributed by atoms with E-state index in [2.05, 4.69) is 33.3 Å². The second-order valence-corrected chi connectivity index (χ2v) is 10.2. The maximum Gasteiger partial charge on any atom is 0.341 e. The van der Waals surface area contributed by atoms with Gasteiger partial charge in [-0.05, 0) is 42.7 Å². The highest BCUT2D eigenvalue weighted by Gasteiger charge is 2.25. The van der Waals surface area contributed by atoms with Gasteiger partial charge in [-0.25, -0.2) is 4.79 Å². The summed E-state index contributed by atoms with van der Waals surface area (Å²) in [7, 11) is 1.36. The van der Waals surface area contributed by atoms with Crippen LogP contribution < -0.4 is 5.32 Å². The number of hydrogen-bond acceptors (Lipinski definition) is 6. The van der Waals surface area contributed by atoms with E-state index < -0.39 is 5.97 Å². The third-order valence-corrected chi connectivity index (χ3v) is 7.42. The van der Waals surface area contributed by atoms with Crippen molar-refractivity contribution in [1.29, 1.82) is 0 Å². The number of methoxy groups -OCH3 is 1. The molecule has 4 rings (SSSR count). The zero-order chi connectivity index (χ0) is 24.9. The van der Waals surface area contributed by atoms with Crippen LogP contribution in [0.1, 0.15) is 27.0 Å². The molecule has 0 radical (unpaired) electrons. The highest BCUT2D eigenvalue weighted by molar-refractivity contribution is 7.15. The summed E-state index contributed by atoms with van der Waals surface area (Å²) in [5.41, 5.74) is 5.56. The van der Waals surface area contributed by atoms with Crippen molar-refractivity contribution in [2.75, 3.05) is 45.2 Å². The van der Waals surface area contributed by atoms with Gasteiger partial charge in [-0.15, -0.1) is 11.3 Å². The quantitative estimate of drug-likeness (QED) is 0.440. The number of piperazine rings is 1. The Morgan fingerprint density at radius 3 is 2.37 bits per heavy atom. The van der Waals surface area contributed by atoms with Crippen LogP contribution in [0.15, 0.2) is 47.8 Å². The summed E-state index contributed by atoms with van der Waals surface area (Å²) < 4.78 is 5.06. The molecule has 1 aliphatic heterocycles. The van der Waals surface area contributed by atoms with E-state index in [1.807, 2.05) is 43.5 Å². The van der Waals surface area contributed by atoms with Crippen molar-refractivity contribution in [3.8, 4) is 11.1 Å². The summed E-state index contributed by atoms with van der Waals surface area (Å²) in [4.78, 5) is 30.1. The first-order valence-electron chi connectivity index (χ1n) is 11.6. The number of esters is 1. The summed E-state index contributed by atoms with van der Waals surface area (Å²) >= 11 is 7.33. The van der Waals surface area contributed by atoms with Crippen LogP contribution in [0.4, 0.5) is 5.00 Å². The third-order valence-electron chi connectivity index (χ3n) is 6.27. The lowest BCUT2D eigenvalue weighted by atomic mass is 9.97. The Morgan fingerprint density at radius 2 is 1.69 bits per heavy atom. The number of anilines is 1. The molecular weight excluding hydrogens is 482 g/mol. The number of hydrogen-bond donors (Lipinski definition) is 1. The summed E-state index contributed by atoms with van der Waals surface area (Å²) in [5.74, 6) is -0.580. The number of carbonyl (C=O) groups excluding carboxylic acids is 2. The molecule has 0 spiro atoms. The maximum atomic E-state index is 12.9. The third kappa shape index (κ3) is 6.30. The van der Waals surface area contributed by atoms with Crippen molar-refractivity contribution in [3.63, 3.8) is 0 Å². The molecule has 1 aromatic heterocycles. The van der Waals surface area contributed by atoms with Crippen molar-refractivity contribution < 1.29 is 14.3 Å². The van der Waals surface area contributed by atoms with Gasteiger partial charge in [-0.1, -0.05) is 47.5 Å². The van der Waals surface area contributed by atoms with Gasteiger partial charge in [0, 0.05) is 48.7 Å². The Bertz CT molecular complexity index is 1200. The number of thiophene rings is 1. The molecule has 2 aromatic carbocycles. The average Bonchev–Trinajstić information content (AvgIpc) is 3.25. The summed E-state index contributed by atoms with van der Waals surface area (Å²) in [5, 5.41) is 6.15. The van der Waals surface area contributed by atoms with E-state index in [4.69, 9.17) is 16.3 Å². The number of nitrogens with one attached hydrogen (secondary N) is 1. The van der Waals surface area contributed by atoms with Crippen LogP contribution in [-0.2, 0) is 16.1 Å². The molecule has 35 heavy (non-hydrogen) atoms. The van der Waals surface area contributed by atoms with Crippen molar-refractivity contribution in [2.24, 2.45) is 0 Å². The smallest absolute Gasteiger partial charge is 0.341 e. The standard InChI is InChI=1S/C27H30ClN3O3S/c1-18-4-5-19(2)22(14-18)23-17-35-26(25(23)27(33)34-3)29-24(32)16-31-12-10-30(11-13-31)15-20-6-8-21(28)9-7-20/h4-9,14,17H,10-13,15-16H2,1-3H3,(H,29,32). The minimum atomic E-state index is -0.451. The number of halogens is 1. The van der Waals surface area contributed by atoms with E-state index in [0.29, 0.717) is 10.6 Å². The van der Waals surface area contributed by atoms with Crippen LogP contribution in [0.25, 0.3) is 11.1 Å². The molecule has 1 saturated heterocycles. The largest absolute Gasteiger partial charge is 0.465 e. The van der Waals surface area contributed by atoms with Gasteiger partial charge < -0.3 is 10.1 Å². The van der Waals surface area contributed by atoms with E-state index in [1.54, 1.807) is 0 Å². The first-order chi connectivity index (χ1) is 16.8. The SMILES string of the molecule is COC(=O)c1c(-c2cc(C)ccc2C)csc1NC(=O)CN1CCN(Cc2ccc(Cl)cc2)CC1. The number of nitrogens with zero attached hydrogens (tertiary/aromatic N) is 2. The van der Waals surface area contributed by atoms with Crippen LogP contribution in [0.2, 0.25) is 5.02 Å². The molecule has 6 nitrogen and oxygen atoms in total. The minimum absolute atomic E-state index is 0.129. The molecule has 184 valence electrons. The van der Waals surface area contributed by atoms with Gasteiger partial charge in [0.05, 0.1) is 13.7 Å². The first kappa shape index (κ1) is 25.4. The number of benzene rings is 2. The molecule has 3 aromatic rings. The lowest BCUT2D eigenvalue weighted by Crippen LogP contribution is -2.48. The van der Waals surface area contributed by atoms with Crippen molar-refractivity contribution >= 4 is 39.8 Å². The Hall–Kier alpha value is -2.71. The van der Waals surface area contributed by atoms with E-state index in [-0.39, 0.29) is 12.5 Å². The highest BCUT2D eigenvalue weighted by atomic mass is 35.5. The van der Waals surface area contributed by atoms with Crippen molar-refractivity contribution in [3.05, 3.63) is 75.1 Å². The second-order valence-electron chi connectivity index (χ2n) is 8.89. The van der Waals surface area contributed by atoms with Crippen LogP contribution >= 0.6 is 22.9 Å². The molecule has 0 atom stereocenters. The van der Waals surface area contributed by atoms with Gasteiger partial charge in [-0.3, -0.25) is 14.6 Å². The van der Waals surface area contributed by atoms with Gasteiger partial charge in [0.15, 0.2) is 0 Å². The van der Waals surface area contributed by atoms with Crippen molar-refractivity contribution in [1.82, 2.24) is 9.80 Å². The molecular formula is C27H30ClN3O3S. The van der Waals surface area contributed by atoms with Gasteiger partial charge in [0.25, 0.3) is 0 Å². The molecule has 1 fully saturated rings. The lowest BCUT2D eigenvalue weighted by molar-refractivity contribution is -0.117. The minimum Gasteiger partial charge on any atom is -0.465 e. The van der Waals surface area contributed by atoms with Gasteiger partial charge in [0.1, 0.15) is 10.6 Å². The summed E-state index contributed by atoms with van der Waals surface area (Å²) in [6.07, 6.45) is 0. The second kappa shape index (κ2) is 11.4. The van der Waals surface area contributed by atoms with E-state index in [0.717, 1.165) is 60.0 Å². The number of amides is 1. The van der Waals surface area contributed by atoms with Crippen LogP contribution in [-0.4, -0.2) is 61.5 Å². The molecule has 1 aliphatic rings. The fourth-order valence-corrected chi connectivity index (χ4v) is 5.39. The zero-order valence-electron chi connectivity index (χ0n) is 20.3. The molecule has 0 saturated carbocycles. The number of aryl methyl sites for hydroxylation is 2. The van der Waals surface area contributed by atoms with Gasteiger partial charge >= 0.3 is 5.97 Å². The topological polar surface area (TPSA) is 61.9 Å². The van der Waals surface area contributed by atoms with E-state index >= 15 is 0 Å². The molecule has 0 aliphatic carbocycles. The average molecular weight is 512 g/mol. The number of carbonyl (C=O) groups is 2. The Morgan fingerprint density at radius 1 is 1.00 bits per heavy atom. The Balaban J connectivity index is 1.38. The molecule has 0 unspecified atom stereocenters. The van der Waals surface area contributed by atoms with Crippen LogP contribution in [0, 0.1) is 13.8 Å². The van der Waals surface area contributed by atoms with Gasteiger partial charge in [0.2, 0.25) is 5.91 Å². The van der Waals surface area contributed by atoms with Crippen LogP contribution in [0.5, 0.6) is 0 Å². The predicted molar refractivity (Wildman–Crippen MR) is 142 cm³/mol. The predicted octanol–water partition coefficient (Wildman–Crippen LogP) is 5.23. The molecule has 8 heteroatoms. The molecule has 1 N–H and O–H groups in total. The summed E-state index contributed by atoms with van der Waals surface area (Å²) in [6.45, 7) is 8.58. The number of ether oxygens (including phenoxy) is 1. The fraction of sp³-hybridized carbons (Fsp3) is 0.333. The highest BCUT2D eigenvalue weighted by Crippen LogP contribution is 2.38.